The molecule has 164 valence electrons. The number of hydrogen-bond donors (Lipinski definition) is 3. The summed E-state index contributed by atoms with van der Waals surface area (Å²) in [6, 6.07) is 15.1. The first-order valence-electron chi connectivity index (χ1n) is 11.2. The van der Waals surface area contributed by atoms with Crippen LogP contribution in [0.3, 0.4) is 0 Å². The number of morpholine rings is 1. The van der Waals surface area contributed by atoms with Gasteiger partial charge in [0, 0.05) is 49.0 Å². The molecule has 4 rings (SSSR count). The molecule has 0 saturated carbocycles. The van der Waals surface area contributed by atoms with Crippen LogP contribution in [-0.4, -0.2) is 50.3 Å². The summed E-state index contributed by atoms with van der Waals surface area (Å²) in [6.45, 7) is 9.98. The van der Waals surface area contributed by atoms with Crippen LogP contribution in [0.5, 0.6) is 0 Å². The van der Waals surface area contributed by atoms with Crippen LogP contribution in [0, 0.1) is 6.92 Å². The smallest absolute Gasteiger partial charge is 0.191 e. The largest absolute Gasteiger partial charge is 0.378 e. The Bertz CT molecular complexity index is 1020. The van der Waals surface area contributed by atoms with Gasteiger partial charge in [0.25, 0.3) is 0 Å². The van der Waals surface area contributed by atoms with Crippen LogP contribution in [0.15, 0.2) is 53.7 Å². The van der Waals surface area contributed by atoms with E-state index in [1.165, 1.54) is 33.3 Å². The number of aromatic amines is 1. The van der Waals surface area contributed by atoms with Crippen LogP contribution in [-0.2, 0) is 17.7 Å². The molecule has 3 N–H and O–H groups in total. The van der Waals surface area contributed by atoms with Crippen molar-refractivity contribution in [2.45, 2.75) is 26.8 Å². The van der Waals surface area contributed by atoms with Crippen LogP contribution in [0.1, 0.15) is 23.6 Å². The molecular formula is C25H33N5O. The van der Waals surface area contributed by atoms with E-state index in [9.17, 15) is 0 Å². The first-order valence-corrected chi connectivity index (χ1v) is 11.2. The van der Waals surface area contributed by atoms with E-state index in [0.29, 0.717) is 6.54 Å². The minimum atomic E-state index is 0.648. The number of aliphatic imine (C=N–C) groups is 1. The molecule has 6 heteroatoms. The van der Waals surface area contributed by atoms with Crippen molar-refractivity contribution < 1.29 is 4.74 Å². The van der Waals surface area contributed by atoms with E-state index in [0.717, 1.165) is 51.8 Å². The zero-order valence-corrected chi connectivity index (χ0v) is 18.6. The highest BCUT2D eigenvalue weighted by Crippen LogP contribution is 2.22. The molecular weight excluding hydrogens is 386 g/mol. The van der Waals surface area contributed by atoms with Gasteiger partial charge in [0.05, 0.1) is 19.8 Å². The summed E-state index contributed by atoms with van der Waals surface area (Å²) in [6.07, 6.45) is 3.06. The maximum atomic E-state index is 5.51. The van der Waals surface area contributed by atoms with E-state index in [1.54, 1.807) is 0 Å². The molecule has 1 aliphatic rings. The summed E-state index contributed by atoms with van der Waals surface area (Å²) < 4.78 is 5.51. The molecule has 0 bridgehead atoms. The number of para-hydroxylation sites is 1. The lowest BCUT2D eigenvalue weighted by Gasteiger charge is -2.30. The fourth-order valence-electron chi connectivity index (χ4n) is 4.09. The number of H-pyrrole nitrogens is 1. The molecule has 1 aliphatic heterocycles. The van der Waals surface area contributed by atoms with Crippen molar-refractivity contribution in [1.82, 2.24) is 15.6 Å². The first-order chi connectivity index (χ1) is 15.2. The first kappa shape index (κ1) is 21.2. The normalized spacial score (nSPS) is 14.8. The van der Waals surface area contributed by atoms with E-state index in [-0.39, 0.29) is 0 Å². The Morgan fingerprint density at radius 3 is 2.77 bits per heavy atom. The third-order valence-electron chi connectivity index (χ3n) is 5.70. The molecule has 6 nitrogen and oxygen atoms in total. The summed E-state index contributed by atoms with van der Waals surface area (Å²) in [4.78, 5) is 10.6. The monoisotopic (exact) mass is 419 g/mol. The number of nitrogens with one attached hydrogen (secondary N) is 3. The Balaban J connectivity index is 1.39. The number of benzene rings is 2. The summed E-state index contributed by atoms with van der Waals surface area (Å²) in [5.41, 5.74) is 6.32. The van der Waals surface area contributed by atoms with Crippen LogP contribution in [0.4, 0.5) is 5.69 Å². The average Bonchev–Trinajstić information content (AvgIpc) is 3.20. The highest BCUT2D eigenvalue weighted by Gasteiger charge is 2.14. The van der Waals surface area contributed by atoms with Gasteiger partial charge in [-0.25, -0.2) is 4.99 Å². The van der Waals surface area contributed by atoms with Gasteiger partial charge in [0.2, 0.25) is 0 Å². The number of hydrogen-bond acceptors (Lipinski definition) is 3. The third-order valence-corrected chi connectivity index (χ3v) is 5.70. The molecule has 0 spiro atoms. The second kappa shape index (κ2) is 10.4. The number of guanidine groups is 1. The van der Waals surface area contributed by atoms with Crippen LogP contribution in [0.2, 0.25) is 0 Å². The lowest BCUT2D eigenvalue weighted by atomic mass is 10.1. The lowest BCUT2D eigenvalue weighted by molar-refractivity contribution is 0.122. The van der Waals surface area contributed by atoms with Crippen molar-refractivity contribution in [1.29, 1.82) is 0 Å². The number of fused-ring (bicyclic) bond motifs is 1. The number of aromatic nitrogens is 1. The minimum absolute atomic E-state index is 0.648. The van der Waals surface area contributed by atoms with Gasteiger partial charge in [-0.05, 0) is 49.1 Å². The predicted octanol–water partition coefficient (Wildman–Crippen LogP) is 3.61. The molecule has 2 aromatic carbocycles. The van der Waals surface area contributed by atoms with E-state index >= 15 is 0 Å². The predicted molar refractivity (Wildman–Crippen MR) is 129 cm³/mol. The molecule has 1 fully saturated rings. The van der Waals surface area contributed by atoms with Gasteiger partial charge >= 0.3 is 0 Å². The molecule has 2 heterocycles. The van der Waals surface area contributed by atoms with Crippen LogP contribution >= 0.6 is 0 Å². The van der Waals surface area contributed by atoms with Crippen molar-refractivity contribution in [3.05, 3.63) is 65.4 Å². The van der Waals surface area contributed by atoms with Gasteiger partial charge in [0.15, 0.2) is 5.96 Å². The Morgan fingerprint density at radius 2 is 1.94 bits per heavy atom. The molecule has 1 saturated heterocycles. The zero-order chi connectivity index (χ0) is 21.5. The standard InChI is InChI=1S/C25H33N5O/c1-3-26-25(27-11-10-20-17-28-23-16-19(2)8-9-22(20)23)29-18-21-6-4-5-7-24(21)30-12-14-31-15-13-30/h4-9,16-17,28H,3,10-15,18H2,1-2H3,(H2,26,27,29). The summed E-state index contributed by atoms with van der Waals surface area (Å²) in [7, 11) is 0. The molecule has 0 aliphatic carbocycles. The minimum Gasteiger partial charge on any atom is -0.378 e. The van der Waals surface area contributed by atoms with Crippen molar-refractivity contribution >= 4 is 22.5 Å². The van der Waals surface area contributed by atoms with Gasteiger partial charge in [-0.15, -0.1) is 0 Å². The van der Waals surface area contributed by atoms with Gasteiger partial charge < -0.3 is 25.3 Å². The molecule has 1 aromatic heterocycles. The van der Waals surface area contributed by atoms with Crippen molar-refractivity contribution in [2.24, 2.45) is 4.99 Å². The SMILES string of the molecule is CCNC(=NCc1ccccc1N1CCOCC1)NCCc1c[nH]c2cc(C)ccc12. The highest BCUT2D eigenvalue weighted by atomic mass is 16.5. The molecule has 0 amide bonds. The van der Waals surface area contributed by atoms with E-state index in [4.69, 9.17) is 9.73 Å². The Labute approximate surface area is 184 Å². The van der Waals surface area contributed by atoms with Gasteiger partial charge in [-0.1, -0.05) is 30.3 Å². The van der Waals surface area contributed by atoms with E-state index < -0.39 is 0 Å². The number of rotatable bonds is 7. The Kier molecular flexibility index (Phi) is 7.10. The van der Waals surface area contributed by atoms with E-state index in [1.807, 2.05) is 0 Å². The van der Waals surface area contributed by atoms with Crippen LogP contribution in [0.25, 0.3) is 10.9 Å². The summed E-state index contributed by atoms with van der Waals surface area (Å²) in [5.74, 6) is 0.856. The average molecular weight is 420 g/mol. The number of aryl methyl sites for hydroxylation is 1. The topological polar surface area (TPSA) is 64.7 Å². The number of nitrogens with zero attached hydrogens (tertiary/aromatic N) is 2. The maximum Gasteiger partial charge on any atom is 0.191 e. The zero-order valence-electron chi connectivity index (χ0n) is 18.6. The van der Waals surface area contributed by atoms with Crippen molar-refractivity contribution in [3.63, 3.8) is 0 Å². The van der Waals surface area contributed by atoms with Crippen LogP contribution < -0.4 is 15.5 Å². The third kappa shape index (κ3) is 5.39. The summed E-state index contributed by atoms with van der Waals surface area (Å²) >= 11 is 0. The molecule has 0 radical (unpaired) electrons. The maximum absolute atomic E-state index is 5.51. The van der Waals surface area contributed by atoms with E-state index in [2.05, 4.69) is 83.0 Å². The Hall–Kier alpha value is -2.99. The molecule has 0 atom stereocenters. The van der Waals surface area contributed by atoms with Crippen molar-refractivity contribution in [2.75, 3.05) is 44.3 Å². The van der Waals surface area contributed by atoms with Crippen molar-refractivity contribution in [3.8, 4) is 0 Å². The second-order valence-electron chi connectivity index (χ2n) is 7.96. The lowest BCUT2D eigenvalue weighted by Crippen LogP contribution is -2.38. The van der Waals surface area contributed by atoms with Gasteiger partial charge in [-0.3, -0.25) is 0 Å². The number of anilines is 1. The number of ether oxygens (including phenoxy) is 1. The molecule has 3 aromatic rings. The second-order valence-corrected chi connectivity index (χ2v) is 7.96. The Morgan fingerprint density at radius 1 is 1.10 bits per heavy atom. The quantitative estimate of drug-likeness (QED) is 0.404. The highest BCUT2D eigenvalue weighted by molar-refractivity contribution is 5.84. The van der Waals surface area contributed by atoms with Gasteiger partial charge in [-0.2, -0.15) is 0 Å². The summed E-state index contributed by atoms with van der Waals surface area (Å²) in [5, 5.41) is 8.17. The molecule has 31 heavy (non-hydrogen) atoms. The van der Waals surface area contributed by atoms with Gasteiger partial charge in [0.1, 0.15) is 0 Å². The fourth-order valence-corrected chi connectivity index (χ4v) is 4.09. The fraction of sp³-hybridized carbons (Fsp3) is 0.400. The molecule has 0 unspecified atom stereocenters.